The maximum absolute atomic E-state index is 13.0. The van der Waals surface area contributed by atoms with Crippen molar-refractivity contribution in [3.8, 4) is 0 Å². The molecule has 0 aromatic heterocycles. The van der Waals surface area contributed by atoms with Crippen LogP contribution in [0, 0.1) is 5.82 Å². The van der Waals surface area contributed by atoms with Gasteiger partial charge in [-0.25, -0.2) is 4.39 Å². The van der Waals surface area contributed by atoms with Crippen LogP contribution in [-0.4, -0.2) is 28.2 Å². The van der Waals surface area contributed by atoms with Crippen LogP contribution in [0.3, 0.4) is 0 Å². The Hall–Kier alpha value is -0.750. The van der Waals surface area contributed by atoms with Crippen molar-refractivity contribution in [1.82, 2.24) is 5.32 Å². The van der Waals surface area contributed by atoms with E-state index in [1.807, 2.05) is 6.92 Å². The van der Waals surface area contributed by atoms with Crippen molar-refractivity contribution in [3.05, 3.63) is 34.1 Å². The van der Waals surface area contributed by atoms with E-state index in [0.717, 1.165) is 0 Å². The molecular formula is C12H15BrFNO2S. The number of rotatable bonds is 5. The topological polar surface area (TPSA) is 46.2 Å². The van der Waals surface area contributed by atoms with Gasteiger partial charge in [0, 0.05) is 34.4 Å². The van der Waals surface area contributed by atoms with Gasteiger partial charge < -0.3 is 5.32 Å². The molecule has 1 amide bonds. The van der Waals surface area contributed by atoms with Gasteiger partial charge >= 0.3 is 0 Å². The SMILES string of the molecule is CC(CCS(C)=O)NC(=O)c1ccc(F)c(Br)c1. The van der Waals surface area contributed by atoms with Crippen LogP contribution in [0.25, 0.3) is 0 Å². The number of carbonyl (C=O) groups excluding carboxylic acids is 1. The van der Waals surface area contributed by atoms with E-state index >= 15 is 0 Å². The van der Waals surface area contributed by atoms with Crippen LogP contribution in [0.2, 0.25) is 0 Å². The van der Waals surface area contributed by atoms with Gasteiger partial charge in [0.15, 0.2) is 0 Å². The average Bonchev–Trinajstić information content (AvgIpc) is 2.30. The number of nitrogens with one attached hydrogen (secondary N) is 1. The standard InChI is InChI=1S/C12H15BrFNO2S/c1-8(5-6-18(2)17)15-12(16)9-3-4-11(14)10(13)7-9/h3-4,7-8H,5-6H2,1-2H3,(H,15,16). The van der Waals surface area contributed by atoms with E-state index in [4.69, 9.17) is 0 Å². The highest BCUT2D eigenvalue weighted by Gasteiger charge is 2.11. The van der Waals surface area contributed by atoms with Crippen molar-refractivity contribution in [3.63, 3.8) is 0 Å². The maximum Gasteiger partial charge on any atom is 0.251 e. The van der Waals surface area contributed by atoms with Gasteiger partial charge in [0.25, 0.3) is 5.91 Å². The zero-order valence-electron chi connectivity index (χ0n) is 10.2. The van der Waals surface area contributed by atoms with Crippen LogP contribution in [0.5, 0.6) is 0 Å². The van der Waals surface area contributed by atoms with Crippen molar-refractivity contribution in [2.45, 2.75) is 19.4 Å². The summed E-state index contributed by atoms with van der Waals surface area (Å²) in [7, 11) is -0.861. The minimum Gasteiger partial charge on any atom is -0.350 e. The summed E-state index contributed by atoms with van der Waals surface area (Å²) in [5.41, 5.74) is 0.396. The predicted molar refractivity (Wildman–Crippen MR) is 74.6 cm³/mol. The Bertz CT molecular complexity index is 467. The fraction of sp³-hybridized carbons (Fsp3) is 0.417. The van der Waals surface area contributed by atoms with Gasteiger partial charge in [-0.05, 0) is 47.5 Å². The maximum atomic E-state index is 13.0. The Morgan fingerprint density at radius 1 is 1.56 bits per heavy atom. The Kier molecular flexibility index (Phi) is 5.95. The van der Waals surface area contributed by atoms with E-state index in [9.17, 15) is 13.4 Å². The first-order chi connectivity index (χ1) is 8.40. The van der Waals surface area contributed by atoms with Crippen LogP contribution in [0.1, 0.15) is 23.7 Å². The molecule has 18 heavy (non-hydrogen) atoms. The lowest BCUT2D eigenvalue weighted by Crippen LogP contribution is -2.33. The molecule has 0 heterocycles. The third-order valence-electron chi connectivity index (χ3n) is 2.40. The van der Waals surface area contributed by atoms with Gasteiger partial charge in [-0.1, -0.05) is 0 Å². The molecule has 100 valence electrons. The lowest BCUT2D eigenvalue weighted by molar-refractivity contribution is 0.0939. The zero-order chi connectivity index (χ0) is 13.7. The van der Waals surface area contributed by atoms with Crippen molar-refractivity contribution < 1.29 is 13.4 Å². The first kappa shape index (κ1) is 15.3. The third-order valence-corrected chi connectivity index (χ3v) is 3.82. The summed E-state index contributed by atoms with van der Waals surface area (Å²) in [5, 5.41) is 2.78. The van der Waals surface area contributed by atoms with Crippen LogP contribution in [-0.2, 0) is 10.8 Å². The minimum atomic E-state index is -0.861. The molecule has 6 heteroatoms. The smallest absolute Gasteiger partial charge is 0.251 e. The second kappa shape index (κ2) is 6.99. The summed E-state index contributed by atoms with van der Waals surface area (Å²) < 4.78 is 24.2. The van der Waals surface area contributed by atoms with Crippen LogP contribution in [0.15, 0.2) is 22.7 Å². The molecule has 0 saturated heterocycles. The highest BCUT2D eigenvalue weighted by molar-refractivity contribution is 9.10. The fourth-order valence-corrected chi connectivity index (χ4v) is 2.42. The number of hydrogen-bond donors (Lipinski definition) is 1. The van der Waals surface area contributed by atoms with Gasteiger partial charge in [-0.15, -0.1) is 0 Å². The normalized spacial score (nSPS) is 14.0. The van der Waals surface area contributed by atoms with E-state index in [1.165, 1.54) is 18.2 Å². The molecule has 0 aliphatic rings. The molecule has 1 rings (SSSR count). The molecule has 2 atom stereocenters. The molecule has 0 aliphatic carbocycles. The van der Waals surface area contributed by atoms with Gasteiger partial charge in [0.05, 0.1) is 4.47 Å². The fourth-order valence-electron chi connectivity index (χ4n) is 1.36. The molecule has 0 bridgehead atoms. The van der Waals surface area contributed by atoms with E-state index in [0.29, 0.717) is 17.7 Å². The number of halogens is 2. The van der Waals surface area contributed by atoms with Crippen molar-refractivity contribution in [2.75, 3.05) is 12.0 Å². The second-order valence-corrected chi connectivity index (χ2v) is 6.48. The highest BCUT2D eigenvalue weighted by Crippen LogP contribution is 2.16. The monoisotopic (exact) mass is 335 g/mol. The summed E-state index contributed by atoms with van der Waals surface area (Å²) in [6, 6.07) is 4.05. The van der Waals surface area contributed by atoms with Crippen molar-refractivity contribution >= 4 is 32.6 Å². The van der Waals surface area contributed by atoms with Gasteiger partial charge in [-0.2, -0.15) is 0 Å². The highest BCUT2D eigenvalue weighted by atomic mass is 79.9. The summed E-state index contributed by atoms with van der Waals surface area (Å²) in [4.78, 5) is 11.8. The lowest BCUT2D eigenvalue weighted by Gasteiger charge is -2.13. The van der Waals surface area contributed by atoms with Crippen molar-refractivity contribution in [1.29, 1.82) is 0 Å². The molecule has 0 spiro atoms. The largest absolute Gasteiger partial charge is 0.350 e. The first-order valence-corrected chi connectivity index (χ1v) is 7.98. The van der Waals surface area contributed by atoms with Crippen LogP contribution < -0.4 is 5.32 Å². The van der Waals surface area contributed by atoms with Gasteiger partial charge in [0.2, 0.25) is 0 Å². The number of benzene rings is 1. The number of carbonyl (C=O) groups is 1. The molecule has 0 radical (unpaired) electrons. The summed E-state index contributed by atoms with van der Waals surface area (Å²) in [5.74, 6) is -0.111. The third kappa shape index (κ3) is 4.86. The van der Waals surface area contributed by atoms with Gasteiger partial charge in [-0.3, -0.25) is 9.00 Å². The van der Waals surface area contributed by atoms with E-state index in [2.05, 4.69) is 21.2 Å². The molecule has 0 aliphatic heterocycles. The van der Waals surface area contributed by atoms with Crippen LogP contribution in [0.4, 0.5) is 4.39 Å². The van der Waals surface area contributed by atoms with E-state index in [-0.39, 0.29) is 16.4 Å². The molecule has 3 nitrogen and oxygen atoms in total. The Morgan fingerprint density at radius 3 is 2.78 bits per heavy atom. The molecule has 0 fully saturated rings. The number of hydrogen-bond acceptors (Lipinski definition) is 2. The Balaban J connectivity index is 2.59. The van der Waals surface area contributed by atoms with Gasteiger partial charge in [0.1, 0.15) is 5.82 Å². The quantitative estimate of drug-likeness (QED) is 0.898. The second-order valence-electron chi connectivity index (χ2n) is 4.07. The molecule has 1 aromatic carbocycles. The first-order valence-electron chi connectivity index (χ1n) is 5.46. The molecular weight excluding hydrogens is 321 g/mol. The lowest BCUT2D eigenvalue weighted by atomic mass is 10.2. The molecule has 1 aromatic rings. The predicted octanol–water partition coefficient (Wildman–Crippen LogP) is 2.48. The van der Waals surface area contributed by atoms with E-state index in [1.54, 1.807) is 6.26 Å². The summed E-state index contributed by atoms with van der Waals surface area (Å²) >= 11 is 3.04. The van der Waals surface area contributed by atoms with Crippen LogP contribution >= 0.6 is 15.9 Å². The molecule has 0 saturated carbocycles. The number of amides is 1. The summed E-state index contributed by atoms with van der Waals surface area (Å²) in [6.07, 6.45) is 2.28. The summed E-state index contributed by atoms with van der Waals surface area (Å²) in [6.45, 7) is 1.85. The average molecular weight is 336 g/mol. The minimum absolute atomic E-state index is 0.0646. The Morgan fingerprint density at radius 2 is 2.22 bits per heavy atom. The van der Waals surface area contributed by atoms with E-state index < -0.39 is 16.6 Å². The molecule has 1 N–H and O–H groups in total. The molecule has 2 unspecified atom stereocenters. The Labute approximate surface area is 117 Å². The zero-order valence-corrected chi connectivity index (χ0v) is 12.6. The van der Waals surface area contributed by atoms with Crippen molar-refractivity contribution in [2.24, 2.45) is 0 Å².